The average molecular weight is 284 g/mol. The van der Waals surface area contributed by atoms with Crippen LogP contribution in [0.4, 0.5) is 0 Å². The molecule has 0 saturated heterocycles. The van der Waals surface area contributed by atoms with Crippen molar-refractivity contribution in [2.75, 3.05) is 6.61 Å². The molecule has 1 aromatic carbocycles. The summed E-state index contributed by atoms with van der Waals surface area (Å²) in [6, 6.07) is 9.21. The van der Waals surface area contributed by atoms with Crippen LogP contribution in [-0.4, -0.2) is 37.3 Å². The van der Waals surface area contributed by atoms with Crippen molar-refractivity contribution < 1.29 is 14.6 Å². The summed E-state index contributed by atoms with van der Waals surface area (Å²) in [7, 11) is 0. The molecule has 0 amide bonds. The van der Waals surface area contributed by atoms with Gasteiger partial charge in [-0.1, -0.05) is 12.1 Å². The van der Waals surface area contributed by atoms with Crippen molar-refractivity contribution in [2.24, 2.45) is 0 Å². The first-order valence-corrected chi connectivity index (χ1v) is 6.38. The van der Waals surface area contributed by atoms with Crippen molar-refractivity contribution in [3.8, 4) is 17.0 Å². The molecule has 7 nitrogen and oxygen atoms in total. The van der Waals surface area contributed by atoms with Crippen LogP contribution in [0.3, 0.4) is 0 Å². The highest BCUT2D eigenvalue weighted by Crippen LogP contribution is 2.29. The Balaban J connectivity index is 2.23. The zero-order valence-electron chi connectivity index (χ0n) is 11.2. The number of fused-ring (bicyclic) bond motifs is 1. The largest absolute Gasteiger partial charge is 0.493 e. The van der Waals surface area contributed by atoms with Crippen LogP contribution < -0.4 is 4.74 Å². The Morgan fingerprint density at radius 1 is 1.33 bits per heavy atom. The molecule has 0 aliphatic heterocycles. The third kappa shape index (κ3) is 2.29. The SMILES string of the molecule is CCOc1ccccc1-c1ccnc2nc(C(=O)O)nn12. The van der Waals surface area contributed by atoms with Crippen molar-refractivity contribution in [3.05, 3.63) is 42.4 Å². The summed E-state index contributed by atoms with van der Waals surface area (Å²) in [5.74, 6) is -0.551. The minimum atomic E-state index is -1.19. The van der Waals surface area contributed by atoms with Crippen LogP contribution in [0.5, 0.6) is 5.75 Å². The van der Waals surface area contributed by atoms with E-state index in [1.54, 1.807) is 12.3 Å². The molecule has 0 unspecified atom stereocenters. The topological polar surface area (TPSA) is 89.6 Å². The molecule has 0 aliphatic carbocycles. The quantitative estimate of drug-likeness (QED) is 0.786. The van der Waals surface area contributed by atoms with E-state index in [1.807, 2.05) is 31.2 Å². The number of carboxylic acids is 1. The highest BCUT2D eigenvalue weighted by atomic mass is 16.5. The number of para-hydroxylation sites is 1. The summed E-state index contributed by atoms with van der Waals surface area (Å²) in [6.45, 7) is 2.43. The molecule has 0 fully saturated rings. The highest BCUT2D eigenvalue weighted by Gasteiger charge is 2.16. The molecule has 2 heterocycles. The minimum absolute atomic E-state index is 0.233. The fourth-order valence-electron chi connectivity index (χ4n) is 2.05. The smallest absolute Gasteiger partial charge is 0.375 e. The van der Waals surface area contributed by atoms with Crippen molar-refractivity contribution in [2.45, 2.75) is 6.92 Å². The van der Waals surface area contributed by atoms with E-state index in [1.165, 1.54) is 4.52 Å². The first kappa shape index (κ1) is 13.0. The van der Waals surface area contributed by atoms with Gasteiger partial charge in [-0.25, -0.2) is 9.78 Å². The van der Waals surface area contributed by atoms with E-state index < -0.39 is 5.97 Å². The van der Waals surface area contributed by atoms with Gasteiger partial charge in [-0.3, -0.25) is 0 Å². The van der Waals surface area contributed by atoms with Gasteiger partial charge in [0, 0.05) is 11.8 Å². The van der Waals surface area contributed by atoms with Gasteiger partial charge in [0.05, 0.1) is 12.3 Å². The number of ether oxygens (including phenoxy) is 1. The van der Waals surface area contributed by atoms with Crippen LogP contribution in [-0.2, 0) is 0 Å². The lowest BCUT2D eigenvalue weighted by atomic mass is 10.1. The second-order valence-corrected chi connectivity index (χ2v) is 4.21. The van der Waals surface area contributed by atoms with Gasteiger partial charge in [0.1, 0.15) is 5.75 Å². The lowest BCUT2D eigenvalue weighted by molar-refractivity contribution is 0.0684. The minimum Gasteiger partial charge on any atom is -0.493 e. The number of benzene rings is 1. The van der Waals surface area contributed by atoms with Gasteiger partial charge in [0.15, 0.2) is 0 Å². The van der Waals surface area contributed by atoms with Gasteiger partial charge in [-0.15, -0.1) is 5.10 Å². The van der Waals surface area contributed by atoms with Crippen LogP contribution in [0.25, 0.3) is 17.0 Å². The van der Waals surface area contributed by atoms with Gasteiger partial charge in [-0.05, 0) is 25.1 Å². The van der Waals surface area contributed by atoms with Crippen LogP contribution in [0.15, 0.2) is 36.5 Å². The zero-order valence-corrected chi connectivity index (χ0v) is 11.2. The Hall–Kier alpha value is -2.96. The number of carbonyl (C=O) groups is 1. The van der Waals surface area contributed by atoms with E-state index in [2.05, 4.69) is 15.1 Å². The van der Waals surface area contributed by atoms with E-state index in [0.717, 1.165) is 5.56 Å². The van der Waals surface area contributed by atoms with Gasteiger partial charge in [-0.2, -0.15) is 9.50 Å². The van der Waals surface area contributed by atoms with Gasteiger partial charge in [0.25, 0.3) is 11.6 Å². The molecule has 0 aliphatic rings. The third-order valence-electron chi connectivity index (χ3n) is 2.89. The Labute approximate surface area is 119 Å². The molecule has 0 atom stereocenters. The summed E-state index contributed by atoms with van der Waals surface area (Å²) in [6.07, 6.45) is 1.56. The molecule has 0 spiro atoms. The predicted molar refractivity (Wildman–Crippen MR) is 74.3 cm³/mol. The summed E-state index contributed by atoms with van der Waals surface area (Å²) in [4.78, 5) is 18.9. The standard InChI is InChI=1S/C14H12N4O3/c1-2-21-11-6-4-3-5-9(11)10-7-8-15-14-16-12(13(19)20)17-18(10)14/h3-8H,2H2,1H3,(H,19,20). The molecule has 7 heteroatoms. The Kier molecular flexibility index (Phi) is 3.23. The molecule has 21 heavy (non-hydrogen) atoms. The predicted octanol–water partition coefficient (Wildman–Crippen LogP) is 1.89. The number of aromatic nitrogens is 4. The van der Waals surface area contributed by atoms with E-state index in [0.29, 0.717) is 18.1 Å². The third-order valence-corrected chi connectivity index (χ3v) is 2.89. The molecule has 0 saturated carbocycles. The molecule has 1 N–H and O–H groups in total. The maximum Gasteiger partial charge on any atom is 0.375 e. The number of carboxylic acid groups (broad SMARTS) is 1. The van der Waals surface area contributed by atoms with Crippen molar-refractivity contribution in [3.63, 3.8) is 0 Å². The Bertz CT molecular complexity index is 813. The molecule has 3 aromatic rings. The average Bonchev–Trinajstić information content (AvgIpc) is 2.92. The summed E-state index contributed by atoms with van der Waals surface area (Å²) in [5, 5.41) is 13.0. The Morgan fingerprint density at radius 2 is 2.14 bits per heavy atom. The van der Waals surface area contributed by atoms with Gasteiger partial charge < -0.3 is 9.84 Å². The summed E-state index contributed by atoms with van der Waals surface area (Å²) >= 11 is 0. The Morgan fingerprint density at radius 3 is 2.90 bits per heavy atom. The number of hydrogen-bond acceptors (Lipinski definition) is 5. The normalized spacial score (nSPS) is 10.7. The number of rotatable bonds is 4. The monoisotopic (exact) mass is 284 g/mol. The van der Waals surface area contributed by atoms with Crippen molar-refractivity contribution >= 4 is 11.7 Å². The van der Waals surface area contributed by atoms with E-state index in [-0.39, 0.29) is 11.6 Å². The lowest BCUT2D eigenvalue weighted by Crippen LogP contribution is -2.01. The lowest BCUT2D eigenvalue weighted by Gasteiger charge is -2.10. The fraction of sp³-hybridized carbons (Fsp3) is 0.143. The van der Waals surface area contributed by atoms with E-state index in [9.17, 15) is 4.79 Å². The van der Waals surface area contributed by atoms with Crippen LogP contribution in [0.1, 0.15) is 17.5 Å². The second-order valence-electron chi connectivity index (χ2n) is 4.21. The summed E-state index contributed by atoms with van der Waals surface area (Å²) < 4.78 is 7.00. The summed E-state index contributed by atoms with van der Waals surface area (Å²) in [5.41, 5.74) is 1.47. The van der Waals surface area contributed by atoms with Crippen molar-refractivity contribution in [1.82, 2.24) is 19.6 Å². The number of aromatic carboxylic acids is 1. The zero-order chi connectivity index (χ0) is 14.8. The molecule has 0 bridgehead atoms. The van der Waals surface area contributed by atoms with Gasteiger partial charge in [0.2, 0.25) is 0 Å². The van der Waals surface area contributed by atoms with Gasteiger partial charge >= 0.3 is 5.97 Å². The van der Waals surface area contributed by atoms with E-state index >= 15 is 0 Å². The van der Waals surface area contributed by atoms with Crippen molar-refractivity contribution in [1.29, 1.82) is 0 Å². The maximum atomic E-state index is 11.0. The molecular weight excluding hydrogens is 272 g/mol. The molecule has 106 valence electrons. The number of nitrogens with zero attached hydrogens (tertiary/aromatic N) is 4. The molecule has 0 radical (unpaired) electrons. The molecular formula is C14H12N4O3. The highest BCUT2D eigenvalue weighted by molar-refractivity contribution is 5.83. The maximum absolute atomic E-state index is 11.0. The number of hydrogen-bond donors (Lipinski definition) is 1. The van der Waals surface area contributed by atoms with E-state index in [4.69, 9.17) is 9.84 Å². The molecule has 2 aromatic heterocycles. The van der Waals surface area contributed by atoms with Crippen LogP contribution in [0, 0.1) is 0 Å². The fourth-order valence-corrected chi connectivity index (χ4v) is 2.05. The van der Waals surface area contributed by atoms with Crippen LogP contribution in [0.2, 0.25) is 0 Å². The molecule has 3 rings (SSSR count). The van der Waals surface area contributed by atoms with Crippen LogP contribution >= 0.6 is 0 Å². The first-order valence-electron chi connectivity index (χ1n) is 6.38. The second kappa shape index (κ2) is 5.20. The first-order chi connectivity index (χ1) is 10.2.